The van der Waals surface area contributed by atoms with Gasteiger partial charge in [0.25, 0.3) is 0 Å². The van der Waals surface area contributed by atoms with Crippen LogP contribution in [0.2, 0.25) is 0 Å². The Morgan fingerprint density at radius 1 is 1.40 bits per heavy atom. The molecule has 1 aromatic rings. The average Bonchev–Trinajstić information content (AvgIpc) is 2.49. The Balaban J connectivity index is 1.92. The van der Waals surface area contributed by atoms with Crippen molar-refractivity contribution in [1.82, 2.24) is 15.5 Å². The van der Waals surface area contributed by atoms with Gasteiger partial charge in [-0.15, -0.1) is 5.10 Å². The normalized spacial score (nSPS) is 23.1. The Hall–Kier alpha value is -1.20. The Kier molecular flexibility index (Phi) is 5.73. The largest absolute Gasteiger partial charge is 0.379 e. The Morgan fingerprint density at radius 3 is 2.90 bits per heavy atom. The van der Waals surface area contributed by atoms with E-state index < -0.39 is 0 Å². The number of hydrogen-bond donors (Lipinski definition) is 1. The van der Waals surface area contributed by atoms with Gasteiger partial charge >= 0.3 is 0 Å². The maximum absolute atomic E-state index is 5.54. The third-order valence-electron chi connectivity index (χ3n) is 3.95. The molecule has 2 unspecified atom stereocenters. The van der Waals surface area contributed by atoms with Gasteiger partial charge in [0.1, 0.15) is 0 Å². The monoisotopic (exact) mass is 278 g/mol. The molecule has 5 nitrogen and oxygen atoms in total. The molecule has 1 N–H and O–H groups in total. The zero-order valence-corrected chi connectivity index (χ0v) is 12.8. The molecule has 1 aliphatic heterocycles. The maximum Gasteiger partial charge on any atom is 0.151 e. The van der Waals surface area contributed by atoms with Crippen LogP contribution in [-0.2, 0) is 11.3 Å². The molecule has 2 rings (SSSR count). The summed E-state index contributed by atoms with van der Waals surface area (Å²) in [6, 6.07) is 4.13. The number of methoxy groups -OCH3 is 1. The number of nitrogens with zero attached hydrogens (tertiary/aromatic N) is 3. The summed E-state index contributed by atoms with van der Waals surface area (Å²) in [6.07, 6.45) is 2.56. The SMILES string of the molecule is CCCNCc1ccc(N2CCC(C)C(OC)C2)nn1. The maximum atomic E-state index is 5.54. The summed E-state index contributed by atoms with van der Waals surface area (Å²) < 4.78 is 5.54. The highest BCUT2D eigenvalue weighted by molar-refractivity contribution is 5.38. The molecular formula is C15H26N4O. The summed E-state index contributed by atoms with van der Waals surface area (Å²) in [7, 11) is 1.79. The number of piperidine rings is 1. The lowest BCUT2D eigenvalue weighted by Crippen LogP contribution is -2.44. The van der Waals surface area contributed by atoms with E-state index in [9.17, 15) is 0 Å². The number of nitrogens with one attached hydrogen (secondary N) is 1. The van der Waals surface area contributed by atoms with Gasteiger partial charge in [-0.05, 0) is 37.4 Å². The van der Waals surface area contributed by atoms with Crippen molar-refractivity contribution in [1.29, 1.82) is 0 Å². The molecule has 112 valence electrons. The van der Waals surface area contributed by atoms with E-state index in [1.54, 1.807) is 7.11 Å². The third kappa shape index (κ3) is 3.90. The van der Waals surface area contributed by atoms with Crippen molar-refractivity contribution in [2.24, 2.45) is 5.92 Å². The molecule has 0 aliphatic carbocycles. The second-order valence-corrected chi connectivity index (χ2v) is 5.55. The second-order valence-electron chi connectivity index (χ2n) is 5.55. The summed E-state index contributed by atoms with van der Waals surface area (Å²) in [6.45, 7) is 8.15. The van der Waals surface area contributed by atoms with Gasteiger partial charge in [-0.1, -0.05) is 13.8 Å². The molecule has 2 heterocycles. The van der Waals surface area contributed by atoms with E-state index in [-0.39, 0.29) is 6.10 Å². The van der Waals surface area contributed by atoms with E-state index in [0.29, 0.717) is 5.92 Å². The molecule has 1 aromatic heterocycles. The van der Waals surface area contributed by atoms with Gasteiger partial charge in [0.15, 0.2) is 5.82 Å². The fourth-order valence-electron chi connectivity index (χ4n) is 2.56. The highest BCUT2D eigenvalue weighted by Gasteiger charge is 2.26. The molecular weight excluding hydrogens is 252 g/mol. The van der Waals surface area contributed by atoms with Crippen molar-refractivity contribution in [2.75, 3.05) is 31.6 Å². The van der Waals surface area contributed by atoms with Crippen molar-refractivity contribution in [2.45, 2.75) is 39.3 Å². The lowest BCUT2D eigenvalue weighted by atomic mass is 9.96. The number of aromatic nitrogens is 2. The lowest BCUT2D eigenvalue weighted by molar-refractivity contribution is 0.0496. The fraction of sp³-hybridized carbons (Fsp3) is 0.733. The number of anilines is 1. The molecule has 0 saturated carbocycles. The summed E-state index contributed by atoms with van der Waals surface area (Å²) in [5, 5.41) is 12.0. The first-order chi connectivity index (χ1) is 9.74. The zero-order chi connectivity index (χ0) is 14.4. The molecule has 5 heteroatoms. The number of ether oxygens (including phenoxy) is 1. The summed E-state index contributed by atoms with van der Waals surface area (Å²) in [4.78, 5) is 2.27. The summed E-state index contributed by atoms with van der Waals surface area (Å²) in [5.41, 5.74) is 0.996. The van der Waals surface area contributed by atoms with Gasteiger partial charge in [0.05, 0.1) is 11.8 Å². The van der Waals surface area contributed by atoms with Gasteiger partial charge in [-0.3, -0.25) is 0 Å². The molecule has 0 amide bonds. The molecule has 1 saturated heterocycles. The first-order valence-electron chi connectivity index (χ1n) is 7.55. The number of rotatable bonds is 6. The van der Waals surface area contributed by atoms with Crippen LogP contribution >= 0.6 is 0 Å². The minimum atomic E-state index is 0.288. The minimum absolute atomic E-state index is 0.288. The fourth-order valence-corrected chi connectivity index (χ4v) is 2.56. The molecule has 2 atom stereocenters. The first-order valence-corrected chi connectivity index (χ1v) is 7.55. The van der Waals surface area contributed by atoms with Crippen molar-refractivity contribution >= 4 is 5.82 Å². The summed E-state index contributed by atoms with van der Waals surface area (Å²) >= 11 is 0. The standard InChI is InChI=1S/C15H26N4O/c1-4-8-16-10-13-5-6-15(18-17-13)19-9-7-12(2)14(11-19)20-3/h5-6,12,14,16H,4,7-11H2,1-3H3. The minimum Gasteiger partial charge on any atom is -0.379 e. The molecule has 0 bridgehead atoms. The van der Waals surface area contributed by atoms with Crippen LogP contribution in [0.1, 0.15) is 32.4 Å². The topological polar surface area (TPSA) is 50.3 Å². The highest BCUT2D eigenvalue weighted by Crippen LogP contribution is 2.23. The molecule has 20 heavy (non-hydrogen) atoms. The third-order valence-corrected chi connectivity index (χ3v) is 3.95. The molecule has 1 aliphatic rings. The predicted octanol–water partition coefficient (Wildman–Crippen LogP) is 1.84. The van der Waals surface area contributed by atoms with Gasteiger partial charge < -0.3 is 15.0 Å². The van der Waals surface area contributed by atoms with Gasteiger partial charge in [-0.2, -0.15) is 5.10 Å². The smallest absolute Gasteiger partial charge is 0.151 e. The van der Waals surface area contributed by atoms with E-state index in [1.165, 1.54) is 0 Å². The quantitative estimate of drug-likeness (QED) is 0.805. The van der Waals surface area contributed by atoms with Crippen LogP contribution in [0.5, 0.6) is 0 Å². The van der Waals surface area contributed by atoms with E-state index in [2.05, 4.69) is 46.4 Å². The van der Waals surface area contributed by atoms with Gasteiger partial charge in [-0.25, -0.2) is 0 Å². The zero-order valence-electron chi connectivity index (χ0n) is 12.8. The van der Waals surface area contributed by atoms with Crippen LogP contribution in [-0.4, -0.2) is 43.0 Å². The van der Waals surface area contributed by atoms with Crippen LogP contribution in [0.15, 0.2) is 12.1 Å². The van der Waals surface area contributed by atoms with E-state index in [4.69, 9.17) is 4.74 Å². The lowest BCUT2D eigenvalue weighted by Gasteiger charge is -2.36. The molecule has 0 aromatic carbocycles. The van der Waals surface area contributed by atoms with Crippen molar-refractivity contribution in [3.63, 3.8) is 0 Å². The number of hydrogen-bond acceptors (Lipinski definition) is 5. The van der Waals surface area contributed by atoms with Gasteiger partial charge in [0, 0.05) is 26.7 Å². The van der Waals surface area contributed by atoms with Crippen molar-refractivity contribution in [3.8, 4) is 0 Å². The summed E-state index contributed by atoms with van der Waals surface area (Å²) in [5.74, 6) is 1.57. The molecule has 0 spiro atoms. The van der Waals surface area contributed by atoms with Crippen LogP contribution in [0.25, 0.3) is 0 Å². The van der Waals surface area contributed by atoms with Gasteiger partial charge in [0.2, 0.25) is 0 Å². The Bertz CT molecular complexity index is 395. The van der Waals surface area contributed by atoms with Crippen LogP contribution < -0.4 is 10.2 Å². The molecule has 1 fully saturated rings. The van der Waals surface area contributed by atoms with Crippen LogP contribution in [0.3, 0.4) is 0 Å². The Labute approximate surface area is 121 Å². The van der Waals surface area contributed by atoms with E-state index in [0.717, 1.165) is 50.5 Å². The van der Waals surface area contributed by atoms with Crippen LogP contribution in [0, 0.1) is 5.92 Å². The average molecular weight is 278 g/mol. The second kappa shape index (κ2) is 7.55. The van der Waals surface area contributed by atoms with E-state index >= 15 is 0 Å². The first kappa shape index (κ1) is 15.2. The van der Waals surface area contributed by atoms with Crippen LogP contribution in [0.4, 0.5) is 5.82 Å². The Morgan fingerprint density at radius 2 is 2.25 bits per heavy atom. The predicted molar refractivity (Wildman–Crippen MR) is 80.8 cm³/mol. The van der Waals surface area contributed by atoms with Crippen molar-refractivity contribution < 1.29 is 4.74 Å². The molecule has 0 radical (unpaired) electrons. The van der Waals surface area contributed by atoms with E-state index in [1.807, 2.05) is 0 Å². The van der Waals surface area contributed by atoms with Crippen molar-refractivity contribution in [3.05, 3.63) is 17.8 Å². The highest BCUT2D eigenvalue weighted by atomic mass is 16.5.